The quantitative estimate of drug-likeness (QED) is 0.753. The van der Waals surface area contributed by atoms with Gasteiger partial charge in [0.25, 0.3) is 0 Å². The normalized spacial score (nSPS) is 10.3. The summed E-state index contributed by atoms with van der Waals surface area (Å²) in [6.45, 7) is 0.528. The molecule has 118 valence electrons. The number of nitrogens with one attached hydrogen (secondary N) is 1. The molecule has 0 bridgehead atoms. The Morgan fingerprint density at radius 1 is 1.04 bits per heavy atom. The van der Waals surface area contributed by atoms with Gasteiger partial charge in [0.05, 0.1) is 19.9 Å². The first-order valence-electron chi connectivity index (χ1n) is 7.10. The standard InChI is InChI=1S/C16H17N5O2/c1-22-14-9-8-12(15(10-14)23-2)11-17-16-18-19-20-21(16)13-6-4-3-5-7-13/h3-10H,11H2,1-2H3,(H,17,18,20). The van der Waals surface area contributed by atoms with Gasteiger partial charge in [0.1, 0.15) is 11.5 Å². The van der Waals surface area contributed by atoms with Crippen LogP contribution in [0.5, 0.6) is 11.5 Å². The summed E-state index contributed by atoms with van der Waals surface area (Å²) in [6.07, 6.45) is 0. The number of nitrogens with zero attached hydrogens (tertiary/aromatic N) is 4. The highest BCUT2D eigenvalue weighted by Crippen LogP contribution is 2.25. The molecule has 0 unspecified atom stereocenters. The van der Waals surface area contributed by atoms with E-state index in [2.05, 4.69) is 20.8 Å². The fourth-order valence-corrected chi connectivity index (χ4v) is 2.21. The number of methoxy groups -OCH3 is 2. The van der Waals surface area contributed by atoms with Crippen LogP contribution in [0.3, 0.4) is 0 Å². The van der Waals surface area contributed by atoms with Crippen LogP contribution in [-0.4, -0.2) is 34.4 Å². The Hall–Kier alpha value is -3.09. The van der Waals surface area contributed by atoms with Crippen LogP contribution >= 0.6 is 0 Å². The topological polar surface area (TPSA) is 74.1 Å². The van der Waals surface area contributed by atoms with E-state index in [4.69, 9.17) is 9.47 Å². The summed E-state index contributed by atoms with van der Waals surface area (Å²) in [7, 11) is 3.26. The lowest BCUT2D eigenvalue weighted by atomic mass is 10.2. The number of aromatic nitrogens is 4. The monoisotopic (exact) mass is 311 g/mol. The molecule has 0 spiro atoms. The highest BCUT2D eigenvalue weighted by Gasteiger charge is 2.10. The fourth-order valence-electron chi connectivity index (χ4n) is 2.21. The average molecular weight is 311 g/mol. The molecule has 0 aliphatic carbocycles. The molecule has 1 heterocycles. The van der Waals surface area contributed by atoms with Gasteiger partial charge in [0.2, 0.25) is 5.95 Å². The van der Waals surface area contributed by atoms with E-state index >= 15 is 0 Å². The van der Waals surface area contributed by atoms with Gasteiger partial charge < -0.3 is 14.8 Å². The molecule has 3 aromatic rings. The van der Waals surface area contributed by atoms with E-state index in [0.29, 0.717) is 12.5 Å². The van der Waals surface area contributed by atoms with Crippen LogP contribution < -0.4 is 14.8 Å². The van der Waals surface area contributed by atoms with Crippen molar-refractivity contribution in [2.24, 2.45) is 0 Å². The summed E-state index contributed by atoms with van der Waals surface area (Å²) in [5.41, 5.74) is 1.87. The van der Waals surface area contributed by atoms with Gasteiger partial charge in [-0.15, -0.1) is 0 Å². The lowest BCUT2D eigenvalue weighted by Crippen LogP contribution is -2.08. The van der Waals surface area contributed by atoms with Crippen LogP contribution in [0.2, 0.25) is 0 Å². The first-order chi connectivity index (χ1) is 11.3. The predicted octanol–water partition coefficient (Wildman–Crippen LogP) is 2.29. The van der Waals surface area contributed by atoms with Gasteiger partial charge in [0, 0.05) is 18.2 Å². The highest BCUT2D eigenvalue weighted by atomic mass is 16.5. The second kappa shape index (κ2) is 6.78. The second-order valence-electron chi connectivity index (χ2n) is 4.78. The van der Waals surface area contributed by atoms with Crippen molar-refractivity contribution in [3.05, 3.63) is 54.1 Å². The van der Waals surface area contributed by atoms with E-state index in [1.807, 2.05) is 48.5 Å². The third-order valence-electron chi connectivity index (χ3n) is 3.40. The zero-order valence-corrected chi connectivity index (χ0v) is 12.9. The van der Waals surface area contributed by atoms with E-state index in [1.165, 1.54) is 0 Å². The number of para-hydroxylation sites is 1. The van der Waals surface area contributed by atoms with Crippen LogP contribution in [0.1, 0.15) is 5.56 Å². The van der Waals surface area contributed by atoms with E-state index in [9.17, 15) is 0 Å². The smallest absolute Gasteiger partial charge is 0.248 e. The number of rotatable bonds is 6. The molecule has 0 radical (unpaired) electrons. The third kappa shape index (κ3) is 3.23. The summed E-state index contributed by atoms with van der Waals surface area (Å²) < 4.78 is 12.2. The average Bonchev–Trinajstić information content (AvgIpc) is 3.09. The van der Waals surface area contributed by atoms with Gasteiger partial charge in [-0.3, -0.25) is 0 Å². The maximum absolute atomic E-state index is 5.39. The van der Waals surface area contributed by atoms with Gasteiger partial charge in [-0.1, -0.05) is 23.3 Å². The van der Waals surface area contributed by atoms with E-state index in [-0.39, 0.29) is 0 Å². The van der Waals surface area contributed by atoms with Crippen molar-refractivity contribution >= 4 is 5.95 Å². The Labute approximate surface area is 133 Å². The molecule has 23 heavy (non-hydrogen) atoms. The van der Waals surface area contributed by atoms with E-state index in [0.717, 1.165) is 22.7 Å². The molecule has 3 rings (SSSR count). The molecule has 1 N–H and O–H groups in total. The second-order valence-corrected chi connectivity index (χ2v) is 4.78. The first-order valence-corrected chi connectivity index (χ1v) is 7.10. The Morgan fingerprint density at radius 2 is 1.87 bits per heavy atom. The Kier molecular flexibility index (Phi) is 4.37. The van der Waals surface area contributed by atoms with Gasteiger partial charge in [-0.2, -0.15) is 4.68 Å². The summed E-state index contributed by atoms with van der Waals surface area (Å²) >= 11 is 0. The maximum Gasteiger partial charge on any atom is 0.248 e. The SMILES string of the molecule is COc1ccc(CNc2nnnn2-c2ccccc2)c(OC)c1. The molecule has 0 atom stereocenters. The number of anilines is 1. The molecule has 0 aliphatic heterocycles. The maximum atomic E-state index is 5.39. The van der Waals surface area contributed by atoms with Crippen LogP contribution in [0.15, 0.2) is 48.5 Å². The zero-order valence-electron chi connectivity index (χ0n) is 12.9. The van der Waals surface area contributed by atoms with Crippen LogP contribution in [0.4, 0.5) is 5.95 Å². The number of hydrogen-bond acceptors (Lipinski definition) is 6. The van der Waals surface area contributed by atoms with Crippen molar-refractivity contribution in [1.29, 1.82) is 0 Å². The van der Waals surface area contributed by atoms with E-state index < -0.39 is 0 Å². The van der Waals surface area contributed by atoms with Crippen LogP contribution in [0.25, 0.3) is 5.69 Å². The minimum atomic E-state index is 0.528. The van der Waals surface area contributed by atoms with Gasteiger partial charge in [-0.25, -0.2) is 0 Å². The van der Waals surface area contributed by atoms with E-state index in [1.54, 1.807) is 18.9 Å². The molecule has 0 amide bonds. The summed E-state index contributed by atoms with van der Waals surface area (Å²) in [5.74, 6) is 2.06. The summed E-state index contributed by atoms with van der Waals surface area (Å²) in [4.78, 5) is 0. The molecule has 0 aliphatic rings. The van der Waals surface area contributed by atoms with Crippen LogP contribution in [-0.2, 0) is 6.54 Å². The molecule has 0 saturated carbocycles. The molecule has 7 heteroatoms. The lowest BCUT2D eigenvalue weighted by molar-refractivity contribution is 0.391. The number of hydrogen-bond donors (Lipinski definition) is 1. The van der Waals surface area contributed by atoms with Gasteiger partial charge in [-0.05, 0) is 34.7 Å². The fraction of sp³-hybridized carbons (Fsp3) is 0.188. The summed E-state index contributed by atoms with van der Waals surface area (Å²) in [5, 5.41) is 15.0. The minimum absolute atomic E-state index is 0.528. The predicted molar refractivity (Wildman–Crippen MR) is 86.0 cm³/mol. The molecule has 1 aromatic heterocycles. The molecule has 0 saturated heterocycles. The van der Waals surface area contributed by atoms with Crippen molar-refractivity contribution < 1.29 is 9.47 Å². The largest absolute Gasteiger partial charge is 0.497 e. The number of ether oxygens (including phenoxy) is 2. The van der Waals surface area contributed by atoms with Crippen LogP contribution in [0, 0.1) is 0 Å². The van der Waals surface area contributed by atoms with Gasteiger partial charge in [0.15, 0.2) is 0 Å². The van der Waals surface area contributed by atoms with Crippen molar-refractivity contribution in [2.75, 3.05) is 19.5 Å². The Bertz CT molecular complexity index is 773. The molecule has 2 aromatic carbocycles. The molecule has 0 fully saturated rings. The van der Waals surface area contributed by atoms with Crippen molar-refractivity contribution in [3.8, 4) is 17.2 Å². The first kappa shape index (κ1) is 14.8. The molecule has 7 nitrogen and oxygen atoms in total. The number of benzene rings is 2. The third-order valence-corrected chi connectivity index (χ3v) is 3.40. The van der Waals surface area contributed by atoms with Crippen molar-refractivity contribution in [3.63, 3.8) is 0 Å². The highest BCUT2D eigenvalue weighted by molar-refractivity contribution is 5.44. The minimum Gasteiger partial charge on any atom is -0.497 e. The zero-order chi connectivity index (χ0) is 16.1. The number of tetrazole rings is 1. The summed E-state index contributed by atoms with van der Waals surface area (Å²) in [6, 6.07) is 15.4. The Morgan fingerprint density at radius 3 is 2.61 bits per heavy atom. The Balaban J connectivity index is 1.79. The van der Waals surface area contributed by atoms with Crippen molar-refractivity contribution in [2.45, 2.75) is 6.54 Å². The molecular weight excluding hydrogens is 294 g/mol. The lowest BCUT2D eigenvalue weighted by Gasteiger charge is -2.11. The van der Waals surface area contributed by atoms with Crippen molar-refractivity contribution in [1.82, 2.24) is 20.2 Å². The van der Waals surface area contributed by atoms with Gasteiger partial charge >= 0.3 is 0 Å². The molecular formula is C16H17N5O2.